The van der Waals surface area contributed by atoms with Crippen LogP contribution in [0.1, 0.15) is 17.3 Å². The van der Waals surface area contributed by atoms with E-state index in [0.29, 0.717) is 17.2 Å². The molecule has 0 bridgehead atoms. The van der Waals surface area contributed by atoms with Gasteiger partial charge in [0, 0.05) is 37.3 Å². The van der Waals surface area contributed by atoms with Crippen LogP contribution in [0.5, 0.6) is 11.5 Å². The van der Waals surface area contributed by atoms with Gasteiger partial charge in [-0.25, -0.2) is 4.39 Å². The van der Waals surface area contributed by atoms with Crippen LogP contribution in [0.3, 0.4) is 0 Å². The van der Waals surface area contributed by atoms with Crippen LogP contribution in [-0.2, 0) is 4.79 Å². The van der Waals surface area contributed by atoms with E-state index in [-0.39, 0.29) is 24.6 Å². The maximum absolute atomic E-state index is 13.2. The number of benzene rings is 2. The maximum atomic E-state index is 13.2. The van der Waals surface area contributed by atoms with Gasteiger partial charge in [0.05, 0.1) is 14.2 Å². The summed E-state index contributed by atoms with van der Waals surface area (Å²) in [7, 11) is 3.04. The van der Waals surface area contributed by atoms with Crippen LogP contribution in [0.4, 0.5) is 10.1 Å². The summed E-state index contributed by atoms with van der Waals surface area (Å²) in [4.78, 5) is 25.5. The fourth-order valence-corrected chi connectivity index (χ4v) is 2.47. The Labute approximate surface area is 151 Å². The molecule has 2 aromatic rings. The maximum Gasteiger partial charge on any atom is 0.251 e. The molecule has 6 nitrogen and oxygen atoms in total. The second-order valence-corrected chi connectivity index (χ2v) is 5.48. The number of nitrogens with one attached hydrogen (secondary N) is 1. The van der Waals surface area contributed by atoms with Gasteiger partial charge in [0.25, 0.3) is 5.91 Å². The molecule has 0 saturated carbocycles. The molecule has 0 radical (unpaired) electrons. The van der Waals surface area contributed by atoms with Gasteiger partial charge < -0.3 is 19.7 Å². The summed E-state index contributed by atoms with van der Waals surface area (Å²) in [5.74, 6) is -0.00918. The number of methoxy groups -OCH3 is 2. The summed E-state index contributed by atoms with van der Waals surface area (Å²) in [6.07, 6.45) is 0. The minimum Gasteiger partial charge on any atom is -0.493 e. The van der Waals surface area contributed by atoms with Crippen LogP contribution in [0.15, 0.2) is 42.5 Å². The molecular formula is C19H21FN2O4. The summed E-state index contributed by atoms with van der Waals surface area (Å²) < 4.78 is 23.6. The molecule has 0 saturated heterocycles. The van der Waals surface area contributed by atoms with E-state index in [0.717, 1.165) is 6.07 Å². The Morgan fingerprint density at radius 3 is 2.42 bits per heavy atom. The van der Waals surface area contributed by atoms with E-state index in [1.165, 1.54) is 44.2 Å². The topological polar surface area (TPSA) is 67.9 Å². The monoisotopic (exact) mass is 360 g/mol. The average Bonchev–Trinajstić information content (AvgIpc) is 2.64. The molecule has 0 atom stereocenters. The fourth-order valence-electron chi connectivity index (χ4n) is 2.47. The van der Waals surface area contributed by atoms with Crippen LogP contribution in [0.25, 0.3) is 0 Å². The second-order valence-electron chi connectivity index (χ2n) is 5.48. The van der Waals surface area contributed by atoms with Crippen molar-refractivity contribution in [3.8, 4) is 11.5 Å². The molecule has 1 N–H and O–H groups in total. The van der Waals surface area contributed by atoms with E-state index in [1.54, 1.807) is 18.2 Å². The van der Waals surface area contributed by atoms with Crippen molar-refractivity contribution < 1.29 is 23.5 Å². The highest BCUT2D eigenvalue weighted by Crippen LogP contribution is 2.31. The van der Waals surface area contributed by atoms with Gasteiger partial charge in [0.1, 0.15) is 5.82 Å². The SMILES string of the molecule is COc1ccc(N(CCNC(=O)c2cccc(F)c2)C(C)=O)cc1OC. The molecule has 0 aromatic heterocycles. The summed E-state index contributed by atoms with van der Waals surface area (Å²) >= 11 is 0. The number of anilines is 1. The third-order valence-corrected chi connectivity index (χ3v) is 3.77. The number of hydrogen-bond acceptors (Lipinski definition) is 4. The predicted molar refractivity (Wildman–Crippen MR) is 96.3 cm³/mol. The van der Waals surface area contributed by atoms with Crippen molar-refractivity contribution in [3.63, 3.8) is 0 Å². The minimum atomic E-state index is -0.478. The van der Waals surface area contributed by atoms with Crippen molar-refractivity contribution in [2.75, 3.05) is 32.2 Å². The molecule has 0 spiro atoms. The molecule has 2 aromatic carbocycles. The summed E-state index contributed by atoms with van der Waals surface area (Å²) in [6, 6.07) is 10.5. The number of halogens is 1. The van der Waals surface area contributed by atoms with Crippen molar-refractivity contribution in [1.29, 1.82) is 0 Å². The molecule has 7 heteroatoms. The van der Waals surface area contributed by atoms with Gasteiger partial charge in [-0.3, -0.25) is 9.59 Å². The smallest absolute Gasteiger partial charge is 0.251 e. The third-order valence-electron chi connectivity index (χ3n) is 3.77. The molecule has 0 fully saturated rings. The number of nitrogens with zero attached hydrogens (tertiary/aromatic N) is 1. The molecule has 0 aliphatic heterocycles. The average molecular weight is 360 g/mol. The first-order chi connectivity index (χ1) is 12.5. The molecule has 2 rings (SSSR count). The zero-order valence-electron chi connectivity index (χ0n) is 14.9. The fraction of sp³-hybridized carbons (Fsp3) is 0.263. The Hall–Kier alpha value is -3.09. The minimum absolute atomic E-state index is 0.183. The first kappa shape index (κ1) is 19.2. The Morgan fingerprint density at radius 1 is 1.08 bits per heavy atom. The number of carbonyl (C=O) groups excluding carboxylic acids is 2. The Morgan fingerprint density at radius 2 is 1.81 bits per heavy atom. The van der Waals surface area contributed by atoms with E-state index in [1.807, 2.05) is 0 Å². The standard InChI is InChI=1S/C19H21FN2O4/c1-13(23)22(16-7-8-17(25-2)18(12-16)26-3)10-9-21-19(24)14-5-4-6-15(20)11-14/h4-8,11-12H,9-10H2,1-3H3,(H,21,24). The summed E-state index contributed by atoms with van der Waals surface area (Å²) in [5.41, 5.74) is 0.848. The largest absolute Gasteiger partial charge is 0.493 e. The molecule has 0 aliphatic rings. The van der Waals surface area contributed by atoms with Gasteiger partial charge in [0.2, 0.25) is 5.91 Å². The van der Waals surface area contributed by atoms with E-state index in [9.17, 15) is 14.0 Å². The molecule has 0 heterocycles. The van der Waals surface area contributed by atoms with E-state index >= 15 is 0 Å². The van der Waals surface area contributed by atoms with Crippen LogP contribution in [0.2, 0.25) is 0 Å². The Kier molecular flexibility index (Phi) is 6.54. The highest BCUT2D eigenvalue weighted by molar-refractivity contribution is 5.94. The Balaban J connectivity index is 2.05. The highest BCUT2D eigenvalue weighted by atomic mass is 19.1. The van der Waals surface area contributed by atoms with Gasteiger partial charge in [-0.15, -0.1) is 0 Å². The molecule has 0 unspecified atom stereocenters. The lowest BCUT2D eigenvalue weighted by Gasteiger charge is -2.22. The van der Waals surface area contributed by atoms with Crippen molar-refractivity contribution in [3.05, 3.63) is 53.8 Å². The zero-order chi connectivity index (χ0) is 19.1. The lowest BCUT2D eigenvalue weighted by molar-refractivity contribution is -0.116. The summed E-state index contributed by atoms with van der Waals surface area (Å²) in [5, 5.41) is 2.68. The normalized spacial score (nSPS) is 10.2. The van der Waals surface area contributed by atoms with E-state index < -0.39 is 11.7 Å². The molecular weight excluding hydrogens is 339 g/mol. The molecule has 0 aliphatic carbocycles. The zero-order valence-corrected chi connectivity index (χ0v) is 14.9. The number of carbonyl (C=O) groups is 2. The second kappa shape index (κ2) is 8.84. The lowest BCUT2D eigenvalue weighted by atomic mass is 10.2. The number of amides is 2. The van der Waals surface area contributed by atoms with Crippen LogP contribution in [-0.4, -0.2) is 39.1 Å². The van der Waals surface area contributed by atoms with Gasteiger partial charge >= 0.3 is 0 Å². The van der Waals surface area contributed by atoms with Crippen LogP contribution >= 0.6 is 0 Å². The third kappa shape index (κ3) is 4.72. The summed E-state index contributed by atoms with van der Waals surface area (Å²) in [6.45, 7) is 1.90. The highest BCUT2D eigenvalue weighted by Gasteiger charge is 2.15. The number of rotatable bonds is 7. The number of ether oxygens (including phenoxy) is 2. The predicted octanol–water partition coefficient (Wildman–Crippen LogP) is 2.63. The molecule has 2 amide bonds. The first-order valence-corrected chi connectivity index (χ1v) is 8.00. The number of hydrogen-bond donors (Lipinski definition) is 1. The van der Waals surface area contributed by atoms with Gasteiger partial charge in [0.15, 0.2) is 11.5 Å². The van der Waals surface area contributed by atoms with Crippen molar-refractivity contribution in [1.82, 2.24) is 5.32 Å². The van der Waals surface area contributed by atoms with Gasteiger partial charge in [-0.05, 0) is 30.3 Å². The molecule has 26 heavy (non-hydrogen) atoms. The van der Waals surface area contributed by atoms with Gasteiger partial charge in [-0.1, -0.05) is 6.07 Å². The lowest BCUT2D eigenvalue weighted by Crippen LogP contribution is -2.37. The van der Waals surface area contributed by atoms with Crippen LogP contribution < -0.4 is 19.7 Å². The van der Waals surface area contributed by atoms with Crippen molar-refractivity contribution in [2.24, 2.45) is 0 Å². The Bertz CT molecular complexity index is 795. The van der Waals surface area contributed by atoms with E-state index in [4.69, 9.17) is 9.47 Å². The first-order valence-electron chi connectivity index (χ1n) is 8.00. The van der Waals surface area contributed by atoms with Crippen LogP contribution in [0, 0.1) is 5.82 Å². The van der Waals surface area contributed by atoms with Crippen molar-refractivity contribution in [2.45, 2.75) is 6.92 Å². The van der Waals surface area contributed by atoms with E-state index in [2.05, 4.69) is 5.32 Å². The molecule has 138 valence electrons. The quantitative estimate of drug-likeness (QED) is 0.824. The van der Waals surface area contributed by atoms with Crippen molar-refractivity contribution >= 4 is 17.5 Å². The van der Waals surface area contributed by atoms with Gasteiger partial charge in [-0.2, -0.15) is 0 Å².